The summed E-state index contributed by atoms with van der Waals surface area (Å²) in [5.41, 5.74) is 7.40. The Hall–Kier alpha value is -1.86. The van der Waals surface area contributed by atoms with Crippen LogP contribution in [0.25, 0.3) is 0 Å². The summed E-state index contributed by atoms with van der Waals surface area (Å²) in [4.78, 5) is 0. The zero-order chi connectivity index (χ0) is 16.6. The van der Waals surface area contributed by atoms with Crippen molar-refractivity contribution in [3.8, 4) is 23.7 Å². The largest absolute Gasteiger partial charge is 0.398 e. The molecule has 0 spiro atoms. The molecule has 23 heavy (non-hydrogen) atoms. The Labute approximate surface area is 143 Å². The van der Waals surface area contributed by atoms with E-state index in [0.717, 1.165) is 17.7 Å². The van der Waals surface area contributed by atoms with E-state index in [2.05, 4.69) is 30.6 Å². The highest BCUT2D eigenvalue weighted by Crippen LogP contribution is 2.11. The van der Waals surface area contributed by atoms with Crippen molar-refractivity contribution in [1.29, 1.82) is 0 Å². The fourth-order valence-corrected chi connectivity index (χ4v) is 2.52. The average molecular weight is 309 g/mol. The lowest BCUT2D eigenvalue weighted by molar-refractivity contribution is 0.558. The second-order valence-electron chi connectivity index (χ2n) is 6.07. The number of para-hydroxylation sites is 1. The topological polar surface area (TPSA) is 26.0 Å². The van der Waals surface area contributed by atoms with Crippen LogP contribution >= 0.6 is 0 Å². The standard InChI is InChI=1S/C22H31N/c1-2-3-4-5-6-7-8-9-10-11-12-13-14-15-18-21-19-16-17-20-22(21)23/h16-17,19-20H,2-12,23H2,1H3. The highest BCUT2D eigenvalue weighted by atomic mass is 14.5. The third-order valence-electron chi connectivity index (χ3n) is 3.96. The van der Waals surface area contributed by atoms with Gasteiger partial charge in [-0.15, -0.1) is 0 Å². The summed E-state index contributed by atoms with van der Waals surface area (Å²) in [7, 11) is 0. The zero-order valence-electron chi connectivity index (χ0n) is 14.7. The molecule has 0 radical (unpaired) electrons. The van der Waals surface area contributed by atoms with Crippen molar-refractivity contribution < 1.29 is 0 Å². The molecule has 0 aliphatic heterocycles. The van der Waals surface area contributed by atoms with E-state index in [4.69, 9.17) is 5.73 Å². The zero-order valence-corrected chi connectivity index (χ0v) is 14.7. The van der Waals surface area contributed by atoms with Gasteiger partial charge in [-0.3, -0.25) is 0 Å². The first kappa shape index (κ1) is 19.2. The molecule has 0 aliphatic rings. The summed E-state index contributed by atoms with van der Waals surface area (Å²) in [6.45, 7) is 2.27. The molecular weight excluding hydrogens is 278 g/mol. The summed E-state index contributed by atoms with van der Waals surface area (Å²) in [5, 5.41) is 0. The number of anilines is 1. The fraction of sp³-hybridized carbons (Fsp3) is 0.545. The molecule has 1 aromatic rings. The van der Waals surface area contributed by atoms with Gasteiger partial charge in [-0.25, -0.2) is 0 Å². The van der Waals surface area contributed by atoms with Gasteiger partial charge in [0.05, 0.1) is 0 Å². The van der Waals surface area contributed by atoms with Gasteiger partial charge in [-0.05, 0) is 30.4 Å². The second kappa shape index (κ2) is 13.8. The summed E-state index contributed by atoms with van der Waals surface area (Å²) in [6, 6.07) is 7.64. The number of benzene rings is 1. The Balaban J connectivity index is 1.99. The molecule has 0 saturated heterocycles. The van der Waals surface area contributed by atoms with Gasteiger partial charge in [0.25, 0.3) is 0 Å². The van der Waals surface area contributed by atoms with Crippen LogP contribution in [0.1, 0.15) is 83.1 Å². The molecule has 0 amide bonds. The summed E-state index contributed by atoms with van der Waals surface area (Å²) < 4.78 is 0. The molecule has 0 atom stereocenters. The van der Waals surface area contributed by atoms with Crippen molar-refractivity contribution in [2.45, 2.75) is 77.6 Å². The molecule has 0 aromatic heterocycles. The summed E-state index contributed by atoms with van der Waals surface area (Å²) in [5.74, 6) is 12.0. The molecule has 0 bridgehead atoms. The minimum Gasteiger partial charge on any atom is -0.398 e. The quantitative estimate of drug-likeness (QED) is 0.323. The van der Waals surface area contributed by atoms with Crippen LogP contribution in [0, 0.1) is 23.7 Å². The van der Waals surface area contributed by atoms with E-state index >= 15 is 0 Å². The van der Waals surface area contributed by atoms with Crippen molar-refractivity contribution in [3.05, 3.63) is 29.8 Å². The fourth-order valence-electron chi connectivity index (χ4n) is 2.52. The number of hydrogen-bond donors (Lipinski definition) is 1. The van der Waals surface area contributed by atoms with Crippen LogP contribution in [0.2, 0.25) is 0 Å². The second-order valence-corrected chi connectivity index (χ2v) is 6.07. The first-order valence-electron chi connectivity index (χ1n) is 9.18. The van der Waals surface area contributed by atoms with Gasteiger partial charge in [0.15, 0.2) is 0 Å². The number of hydrogen-bond acceptors (Lipinski definition) is 1. The third-order valence-corrected chi connectivity index (χ3v) is 3.96. The van der Waals surface area contributed by atoms with Gasteiger partial charge in [0.1, 0.15) is 0 Å². The minimum absolute atomic E-state index is 0.719. The first-order chi connectivity index (χ1) is 11.3. The van der Waals surface area contributed by atoms with Crippen LogP contribution in [0.4, 0.5) is 5.69 Å². The Morgan fingerprint density at radius 1 is 0.783 bits per heavy atom. The van der Waals surface area contributed by atoms with Crippen molar-refractivity contribution in [2.75, 3.05) is 5.73 Å². The minimum atomic E-state index is 0.719. The van der Waals surface area contributed by atoms with E-state index in [9.17, 15) is 0 Å². The van der Waals surface area contributed by atoms with Crippen LogP contribution in [0.3, 0.4) is 0 Å². The van der Waals surface area contributed by atoms with E-state index in [-0.39, 0.29) is 0 Å². The van der Waals surface area contributed by atoms with Gasteiger partial charge < -0.3 is 5.73 Å². The third kappa shape index (κ3) is 10.5. The maximum absolute atomic E-state index is 5.82. The van der Waals surface area contributed by atoms with Gasteiger partial charge >= 0.3 is 0 Å². The molecule has 1 nitrogen and oxygen atoms in total. The lowest BCUT2D eigenvalue weighted by atomic mass is 10.1. The molecule has 0 heterocycles. The lowest BCUT2D eigenvalue weighted by Gasteiger charge is -2.00. The van der Waals surface area contributed by atoms with Gasteiger partial charge in [-0.1, -0.05) is 88.7 Å². The molecule has 0 saturated carbocycles. The van der Waals surface area contributed by atoms with Crippen LogP contribution < -0.4 is 5.73 Å². The van der Waals surface area contributed by atoms with Gasteiger partial charge in [0, 0.05) is 17.7 Å². The van der Waals surface area contributed by atoms with E-state index in [1.165, 1.54) is 64.2 Å². The lowest BCUT2D eigenvalue weighted by Crippen LogP contribution is -1.87. The van der Waals surface area contributed by atoms with Crippen LogP contribution in [0.15, 0.2) is 24.3 Å². The molecule has 1 aromatic carbocycles. The van der Waals surface area contributed by atoms with Crippen LogP contribution in [0.5, 0.6) is 0 Å². The molecular formula is C22H31N. The maximum Gasteiger partial charge on any atom is 0.0485 e. The Morgan fingerprint density at radius 2 is 1.39 bits per heavy atom. The maximum atomic E-state index is 5.82. The molecule has 2 N–H and O–H groups in total. The predicted octanol–water partition coefficient (Wildman–Crippen LogP) is 5.93. The number of nitrogen functional groups attached to an aromatic ring is 1. The SMILES string of the molecule is CCCCCCCCCCCCC#CC#Cc1ccccc1N. The van der Waals surface area contributed by atoms with Crippen molar-refractivity contribution in [3.63, 3.8) is 0 Å². The molecule has 1 rings (SSSR count). The van der Waals surface area contributed by atoms with Crippen molar-refractivity contribution >= 4 is 5.69 Å². The van der Waals surface area contributed by atoms with Crippen LogP contribution in [-0.4, -0.2) is 0 Å². The van der Waals surface area contributed by atoms with Crippen molar-refractivity contribution in [1.82, 2.24) is 0 Å². The van der Waals surface area contributed by atoms with Gasteiger partial charge in [0.2, 0.25) is 0 Å². The Bertz CT molecular complexity index is 536. The summed E-state index contributed by atoms with van der Waals surface area (Å²) in [6.07, 6.45) is 14.6. The molecule has 0 fully saturated rings. The Kier molecular flexibility index (Phi) is 11.5. The number of nitrogens with two attached hydrogens (primary N) is 1. The molecule has 0 aliphatic carbocycles. The monoisotopic (exact) mass is 309 g/mol. The van der Waals surface area contributed by atoms with E-state index in [1.54, 1.807) is 0 Å². The highest BCUT2D eigenvalue weighted by Gasteiger charge is 1.92. The number of unbranched alkanes of at least 4 members (excludes halogenated alkanes) is 10. The average Bonchev–Trinajstić information content (AvgIpc) is 2.57. The van der Waals surface area contributed by atoms with E-state index in [1.807, 2.05) is 24.3 Å². The van der Waals surface area contributed by atoms with Crippen LogP contribution in [-0.2, 0) is 0 Å². The molecule has 0 unspecified atom stereocenters. The first-order valence-corrected chi connectivity index (χ1v) is 9.18. The molecule has 1 heteroatoms. The summed E-state index contributed by atoms with van der Waals surface area (Å²) >= 11 is 0. The van der Waals surface area contributed by atoms with E-state index in [0.29, 0.717) is 0 Å². The normalized spacial score (nSPS) is 9.61. The predicted molar refractivity (Wildman–Crippen MR) is 102 cm³/mol. The number of rotatable bonds is 10. The van der Waals surface area contributed by atoms with Gasteiger partial charge in [-0.2, -0.15) is 0 Å². The smallest absolute Gasteiger partial charge is 0.0485 e. The Morgan fingerprint density at radius 3 is 2.04 bits per heavy atom. The van der Waals surface area contributed by atoms with E-state index < -0.39 is 0 Å². The van der Waals surface area contributed by atoms with Crippen molar-refractivity contribution in [2.24, 2.45) is 0 Å². The molecule has 124 valence electrons. The highest BCUT2D eigenvalue weighted by molar-refractivity contribution is 5.56.